The van der Waals surface area contributed by atoms with Gasteiger partial charge in [-0.05, 0) is 127 Å². The van der Waals surface area contributed by atoms with Crippen molar-refractivity contribution in [2.24, 2.45) is 0 Å². The first-order valence-electron chi connectivity index (χ1n) is 33.3. The molecule has 6 aliphatic rings. The fourth-order valence-electron chi connectivity index (χ4n) is 8.62. The summed E-state index contributed by atoms with van der Waals surface area (Å²) in [6.45, 7) is 43.8. The normalized spacial score (nSPS) is 20.6. The highest BCUT2D eigenvalue weighted by molar-refractivity contribution is 6.66. The lowest BCUT2D eigenvalue weighted by atomic mass is 10.5. The standard InChI is InChI=1S/C12H26O5Si.C11H24O4Si.C9H20O5Si.2C9H20O4Si.C8H18O4Si/c1-4-15-18(16-5-2,17-6-3)9-7-8-13-10-12-11-14-12;1-4-14-16(3,15-5-2)8-6-7-12-9-11-10-13-11;1-10-15(11-2,12-3)6-4-5-13-7-9-8-14-9;1-10-14(3,11-2)6-4-5-12-7-9-8-13-9;1-4-11-14(12-5-2,13-6-3)8-9-7-10-9;1-4-10-13(11-5-2,12-6-3)8-7-9-8/h12H,4-11H2,1-3H3;11H,4-10H2,1-3H3;9H,4-8H2,1-3H3;2*9H,4-8H2,1-3H3;8H,4-7H2,1-3H3. The first-order valence-corrected chi connectivity index (χ1v) is 45.9. The minimum Gasteiger partial charge on any atom is -0.398 e. The molecule has 6 atom stereocenters. The average molecular weight is 1410 g/mol. The lowest BCUT2D eigenvalue weighted by Crippen LogP contribution is -2.51. The van der Waals surface area contributed by atoms with E-state index in [1.807, 2.05) is 76.2 Å². The molecule has 0 radical (unpaired) electrons. The molecule has 0 aromatic carbocycles. The zero-order valence-electron chi connectivity index (χ0n) is 59.1. The Morgan fingerprint density at radius 2 is 0.556 bits per heavy atom. The Kier molecular flexibility index (Phi) is 52.2. The van der Waals surface area contributed by atoms with Crippen molar-refractivity contribution in [2.75, 3.05) is 201 Å². The lowest BCUT2D eigenvalue weighted by molar-refractivity contribution is 0.0607. The minimum atomic E-state index is -2.48. The van der Waals surface area contributed by atoms with E-state index in [4.69, 9.17) is 118 Å². The van der Waals surface area contributed by atoms with Crippen LogP contribution in [0.25, 0.3) is 0 Å². The summed E-state index contributed by atoms with van der Waals surface area (Å²) in [6.07, 6.45) is 5.48. The SMILES string of the molecule is CCO[Si](C)(CCCOCC1CO1)OCC.CCO[Si](CC1CO1)(OCC)OCC.CCO[Si](CCCOCC1CO1)(OCC)OCC.CCO[Si](OCC)(OCC)C1CO1.CO[Si](C)(CCCOCC1CO1)OC.CO[Si](CCCOCC1CO1)(OC)OC. The Balaban J connectivity index is 0.000000542. The van der Waals surface area contributed by atoms with Gasteiger partial charge in [0.05, 0.1) is 72.2 Å². The third-order valence-corrected chi connectivity index (χ3v) is 32.1. The average Bonchev–Trinajstić information content (AvgIpc) is 1.97. The molecule has 0 N–H and O–H groups in total. The quantitative estimate of drug-likeness (QED) is 0.0317. The molecule has 0 aliphatic carbocycles. The van der Waals surface area contributed by atoms with Gasteiger partial charge in [0.2, 0.25) is 0 Å². The zero-order chi connectivity index (χ0) is 66.9. The topological polar surface area (TPSA) is 260 Å². The van der Waals surface area contributed by atoms with E-state index in [0.717, 1.165) is 129 Å². The number of hydrogen-bond acceptors (Lipinski definition) is 26. The van der Waals surface area contributed by atoms with Gasteiger partial charge in [0.25, 0.3) is 0 Å². The summed E-state index contributed by atoms with van der Waals surface area (Å²) in [4.78, 5) is 0. The molecular weight excluding hydrogens is 1280 g/mol. The molecule has 6 heterocycles. The Morgan fingerprint density at radius 1 is 0.289 bits per heavy atom. The van der Waals surface area contributed by atoms with Gasteiger partial charge in [-0.2, -0.15) is 0 Å². The second-order valence-corrected chi connectivity index (χ2v) is 39.3. The maximum Gasteiger partial charge on any atom is 0.533 e. The van der Waals surface area contributed by atoms with Crippen molar-refractivity contribution in [2.45, 2.75) is 181 Å². The Labute approximate surface area is 550 Å². The molecule has 540 valence electrons. The smallest absolute Gasteiger partial charge is 0.398 e. The van der Waals surface area contributed by atoms with E-state index >= 15 is 0 Å². The Bertz CT molecular complexity index is 1560. The molecule has 0 aromatic heterocycles. The van der Waals surface area contributed by atoms with Crippen molar-refractivity contribution in [1.82, 2.24) is 0 Å². The molecule has 6 saturated heterocycles. The third kappa shape index (κ3) is 43.5. The van der Waals surface area contributed by atoms with Crippen LogP contribution in [0.3, 0.4) is 0 Å². The summed E-state index contributed by atoms with van der Waals surface area (Å²) in [6, 6.07) is 4.37. The van der Waals surface area contributed by atoms with Crippen molar-refractivity contribution in [3.8, 4) is 0 Å². The van der Waals surface area contributed by atoms with Crippen molar-refractivity contribution in [3.63, 3.8) is 0 Å². The number of epoxide rings is 6. The molecule has 0 spiro atoms. The zero-order valence-corrected chi connectivity index (χ0v) is 65.1. The molecule has 90 heavy (non-hydrogen) atoms. The van der Waals surface area contributed by atoms with Gasteiger partial charge >= 0.3 is 52.3 Å². The van der Waals surface area contributed by atoms with Crippen LogP contribution in [0.15, 0.2) is 0 Å². The van der Waals surface area contributed by atoms with Crippen LogP contribution in [0.1, 0.15) is 102 Å². The molecule has 0 amide bonds. The highest BCUT2D eigenvalue weighted by Gasteiger charge is 2.57. The number of hydrogen-bond donors (Lipinski definition) is 0. The van der Waals surface area contributed by atoms with Gasteiger partial charge in [-0.15, -0.1) is 0 Å². The molecule has 0 saturated carbocycles. The van der Waals surface area contributed by atoms with Gasteiger partial charge in [-0.3, -0.25) is 0 Å². The van der Waals surface area contributed by atoms with Crippen molar-refractivity contribution >= 4 is 52.3 Å². The lowest BCUT2D eigenvalue weighted by Gasteiger charge is -2.28. The van der Waals surface area contributed by atoms with Gasteiger partial charge in [0.1, 0.15) is 24.4 Å². The Hall–Kier alpha value is 0.261. The molecule has 6 rings (SSSR count). The second-order valence-electron chi connectivity index (χ2n) is 21.2. The summed E-state index contributed by atoms with van der Waals surface area (Å²) >= 11 is 0. The minimum absolute atomic E-state index is 0.0762. The maximum atomic E-state index is 5.76. The van der Waals surface area contributed by atoms with E-state index < -0.39 is 52.3 Å². The first kappa shape index (κ1) is 88.3. The molecule has 6 aliphatic heterocycles. The number of ether oxygens (including phenoxy) is 10. The van der Waals surface area contributed by atoms with E-state index in [1.165, 1.54) is 0 Å². The van der Waals surface area contributed by atoms with Gasteiger partial charge in [0, 0.05) is 153 Å². The fraction of sp³-hybridized carbons (Fsp3) is 1.00. The highest BCUT2D eigenvalue weighted by Crippen LogP contribution is 2.28. The van der Waals surface area contributed by atoms with Crippen LogP contribution in [0, 0.1) is 0 Å². The summed E-state index contributed by atoms with van der Waals surface area (Å²) in [5.41, 5.74) is 0.0762. The van der Waals surface area contributed by atoms with Crippen LogP contribution in [-0.2, 0) is 118 Å². The Morgan fingerprint density at radius 3 is 0.811 bits per heavy atom. The summed E-state index contributed by atoms with van der Waals surface area (Å²) in [5, 5.41) is 0. The van der Waals surface area contributed by atoms with Crippen molar-refractivity contribution in [3.05, 3.63) is 0 Å². The fourth-order valence-corrected chi connectivity index (χ4v) is 21.9. The van der Waals surface area contributed by atoms with Gasteiger partial charge in [-0.1, -0.05) is 0 Å². The van der Waals surface area contributed by atoms with E-state index in [0.29, 0.717) is 123 Å². The molecule has 6 unspecified atom stereocenters. The van der Waals surface area contributed by atoms with Crippen LogP contribution in [0.5, 0.6) is 0 Å². The van der Waals surface area contributed by atoms with Crippen LogP contribution >= 0.6 is 0 Å². The van der Waals surface area contributed by atoms with Crippen LogP contribution in [0.4, 0.5) is 0 Å². The predicted octanol–water partition coefficient (Wildman–Crippen LogP) is 8.01. The molecule has 6 fully saturated rings. The number of rotatable bonds is 54. The molecule has 32 heteroatoms. The van der Waals surface area contributed by atoms with Gasteiger partial charge < -0.3 is 118 Å². The first-order chi connectivity index (χ1) is 43.5. The van der Waals surface area contributed by atoms with Gasteiger partial charge in [-0.25, -0.2) is 0 Å². The molecule has 0 bridgehead atoms. The molecule has 0 aromatic rings. The largest absolute Gasteiger partial charge is 0.533 e. The van der Waals surface area contributed by atoms with Crippen LogP contribution in [0.2, 0.25) is 43.3 Å². The summed E-state index contributed by atoms with van der Waals surface area (Å²) < 4.78 is 142. The van der Waals surface area contributed by atoms with Crippen molar-refractivity contribution < 1.29 is 118 Å². The third-order valence-electron chi connectivity index (χ3n) is 13.7. The summed E-state index contributed by atoms with van der Waals surface area (Å²) in [5.74, 6) is 0. The second kappa shape index (κ2) is 53.3. The van der Waals surface area contributed by atoms with E-state index in [1.54, 1.807) is 35.5 Å². The van der Waals surface area contributed by atoms with Crippen molar-refractivity contribution in [1.29, 1.82) is 0 Å². The van der Waals surface area contributed by atoms with E-state index in [-0.39, 0.29) is 5.73 Å². The van der Waals surface area contributed by atoms with E-state index in [2.05, 4.69) is 13.1 Å². The van der Waals surface area contributed by atoms with E-state index in [9.17, 15) is 0 Å². The predicted molar refractivity (Wildman–Crippen MR) is 353 cm³/mol. The van der Waals surface area contributed by atoms with Gasteiger partial charge in [0.15, 0.2) is 5.73 Å². The van der Waals surface area contributed by atoms with Crippen LogP contribution < -0.4 is 0 Å². The molecule has 26 nitrogen and oxygen atoms in total. The highest BCUT2D eigenvalue weighted by atomic mass is 28.4. The monoisotopic (exact) mass is 1410 g/mol. The van der Waals surface area contributed by atoms with Crippen LogP contribution in [-0.4, -0.2) is 289 Å². The molecular formula is C58H128O26Si6. The maximum absolute atomic E-state index is 5.76. The summed E-state index contributed by atoms with van der Waals surface area (Å²) in [7, 11) is -5.25.